The van der Waals surface area contributed by atoms with Crippen LogP contribution in [0.5, 0.6) is 0 Å². The number of likely N-dealkylation sites (tertiary alicyclic amines) is 2. The molecule has 2 fully saturated rings. The summed E-state index contributed by atoms with van der Waals surface area (Å²) < 4.78 is 0. The first kappa shape index (κ1) is 16.5. The van der Waals surface area contributed by atoms with Crippen molar-refractivity contribution < 1.29 is 14.4 Å². The molecule has 0 N–H and O–H groups in total. The summed E-state index contributed by atoms with van der Waals surface area (Å²) in [6.07, 6.45) is 0. The normalized spacial score (nSPS) is 24.3. The fourth-order valence-electron chi connectivity index (χ4n) is 4.60. The van der Waals surface area contributed by atoms with Crippen LogP contribution in [0.4, 0.5) is 0 Å². The van der Waals surface area contributed by atoms with Gasteiger partial charge in [-0.2, -0.15) is 0 Å². The van der Waals surface area contributed by atoms with Crippen LogP contribution in [0.3, 0.4) is 0 Å². The molecule has 5 nitrogen and oxygen atoms in total. The van der Waals surface area contributed by atoms with Gasteiger partial charge in [-0.25, -0.2) is 0 Å². The maximum absolute atomic E-state index is 13.2. The van der Waals surface area contributed by atoms with Crippen molar-refractivity contribution in [2.45, 2.75) is 12.5 Å². The van der Waals surface area contributed by atoms with Crippen molar-refractivity contribution in [3.8, 4) is 0 Å². The lowest BCUT2D eigenvalue weighted by molar-refractivity contribution is -0.144. The molecule has 3 amide bonds. The van der Waals surface area contributed by atoms with Crippen molar-refractivity contribution in [2.24, 2.45) is 11.8 Å². The number of rotatable bonds is 3. The average Bonchev–Trinajstić information content (AvgIpc) is 3.07. The minimum absolute atomic E-state index is 0.270. The fourth-order valence-corrected chi connectivity index (χ4v) is 4.60. The van der Waals surface area contributed by atoms with Gasteiger partial charge in [-0.15, -0.1) is 0 Å². The summed E-state index contributed by atoms with van der Waals surface area (Å²) in [5.41, 5.74) is 0.698. The molecular formula is C21H20N2O3. The number of nitrogens with zero attached hydrogens (tertiary/aromatic N) is 2. The van der Waals surface area contributed by atoms with E-state index in [1.165, 1.54) is 4.90 Å². The first-order valence-electron chi connectivity index (χ1n) is 8.79. The van der Waals surface area contributed by atoms with Gasteiger partial charge >= 0.3 is 0 Å². The highest BCUT2D eigenvalue weighted by Gasteiger charge is 2.69. The number of carbonyl (C=O) groups is 3. The predicted octanol–water partition coefficient (Wildman–Crippen LogP) is 2.02. The maximum atomic E-state index is 13.2. The van der Waals surface area contributed by atoms with Crippen LogP contribution in [0.1, 0.15) is 18.1 Å². The van der Waals surface area contributed by atoms with Gasteiger partial charge in [-0.05, 0) is 18.1 Å². The molecule has 0 bridgehead atoms. The van der Waals surface area contributed by atoms with Gasteiger partial charge in [0.1, 0.15) is 11.5 Å². The molecule has 0 saturated carbocycles. The molecule has 2 atom stereocenters. The van der Waals surface area contributed by atoms with Crippen LogP contribution in [0.25, 0.3) is 0 Å². The van der Waals surface area contributed by atoms with E-state index in [-0.39, 0.29) is 24.3 Å². The topological polar surface area (TPSA) is 57.7 Å². The van der Waals surface area contributed by atoms with Gasteiger partial charge in [-0.3, -0.25) is 19.3 Å². The fraction of sp³-hybridized carbons (Fsp3) is 0.286. The molecular weight excluding hydrogens is 328 g/mol. The molecule has 2 saturated heterocycles. The summed E-state index contributed by atoms with van der Waals surface area (Å²) in [7, 11) is 1.69. The first-order valence-corrected chi connectivity index (χ1v) is 8.79. The Morgan fingerprint density at radius 2 is 1.31 bits per heavy atom. The first-order chi connectivity index (χ1) is 12.5. The maximum Gasteiger partial charge on any atom is 0.242 e. The van der Waals surface area contributed by atoms with E-state index in [0.29, 0.717) is 0 Å². The lowest BCUT2D eigenvalue weighted by atomic mass is 9.71. The Morgan fingerprint density at radius 3 is 1.77 bits per heavy atom. The van der Waals surface area contributed by atoms with Gasteiger partial charge in [-0.1, -0.05) is 60.7 Å². The minimum Gasteiger partial charge on any atom is -0.330 e. The van der Waals surface area contributed by atoms with Crippen molar-refractivity contribution >= 4 is 17.7 Å². The molecule has 0 radical (unpaired) electrons. The third-order valence-corrected chi connectivity index (χ3v) is 5.72. The summed E-state index contributed by atoms with van der Waals surface area (Å²) in [6, 6.07) is 19.1. The van der Waals surface area contributed by atoms with Crippen LogP contribution >= 0.6 is 0 Å². The van der Waals surface area contributed by atoms with Crippen LogP contribution in [0, 0.1) is 11.8 Å². The van der Waals surface area contributed by atoms with E-state index in [4.69, 9.17) is 0 Å². The zero-order chi connectivity index (χ0) is 18.5. The Balaban J connectivity index is 2.04. The lowest BCUT2D eigenvalue weighted by Gasteiger charge is -2.40. The van der Waals surface area contributed by atoms with Gasteiger partial charge in [0.05, 0.1) is 5.92 Å². The van der Waals surface area contributed by atoms with Crippen molar-refractivity contribution in [1.82, 2.24) is 9.80 Å². The molecule has 2 aliphatic rings. The smallest absolute Gasteiger partial charge is 0.242 e. The van der Waals surface area contributed by atoms with Gasteiger partial charge in [0.15, 0.2) is 0 Å². The van der Waals surface area contributed by atoms with Crippen LogP contribution in [-0.4, -0.2) is 41.1 Å². The SMILES string of the molecule is CCN1C(=O)C2C(=O)N(C)C(c3ccccc3)(c3ccccc3)C2C1=O. The average molecular weight is 348 g/mol. The Bertz CT molecular complexity index is 839. The number of fused-ring (bicyclic) bond motifs is 1. The second-order valence-electron chi connectivity index (χ2n) is 6.77. The van der Waals surface area contributed by atoms with Gasteiger partial charge < -0.3 is 4.90 Å². The molecule has 2 aromatic carbocycles. The van der Waals surface area contributed by atoms with Gasteiger partial charge in [0, 0.05) is 13.6 Å². The van der Waals surface area contributed by atoms with Gasteiger partial charge in [0.25, 0.3) is 0 Å². The third kappa shape index (κ3) is 1.88. The Kier molecular flexibility index (Phi) is 3.68. The van der Waals surface area contributed by atoms with Crippen molar-refractivity contribution in [3.05, 3.63) is 71.8 Å². The largest absolute Gasteiger partial charge is 0.330 e. The minimum atomic E-state index is -0.985. The molecule has 2 aromatic rings. The molecule has 0 aliphatic carbocycles. The molecule has 2 aliphatic heterocycles. The highest BCUT2D eigenvalue weighted by atomic mass is 16.2. The van der Waals surface area contributed by atoms with Crippen LogP contribution in [-0.2, 0) is 19.9 Å². The predicted molar refractivity (Wildman–Crippen MR) is 95.8 cm³/mol. The van der Waals surface area contributed by atoms with E-state index in [1.807, 2.05) is 60.7 Å². The van der Waals surface area contributed by atoms with E-state index in [9.17, 15) is 14.4 Å². The number of hydrogen-bond acceptors (Lipinski definition) is 3. The van der Waals surface area contributed by atoms with E-state index >= 15 is 0 Å². The highest BCUT2D eigenvalue weighted by Crippen LogP contribution is 2.54. The van der Waals surface area contributed by atoms with Crippen LogP contribution in [0.15, 0.2) is 60.7 Å². The Labute approximate surface area is 152 Å². The zero-order valence-corrected chi connectivity index (χ0v) is 14.8. The van der Waals surface area contributed by atoms with Gasteiger partial charge in [0.2, 0.25) is 17.7 Å². The van der Waals surface area contributed by atoms with Crippen LogP contribution in [0.2, 0.25) is 0 Å². The van der Waals surface area contributed by atoms with E-state index in [0.717, 1.165) is 11.1 Å². The molecule has 2 unspecified atom stereocenters. The second-order valence-corrected chi connectivity index (χ2v) is 6.77. The van der Waals surface area contributed by atoms with E-state index in [1.54, 1.807) is 18.9 Å². The highest BCUT2D eigenvalue weighted by molar-refractivity contribution is 6.17. The number of carbonyl (C=O) groups excluding carboxylic acids is 3. The summed E-state index contributed by atoms with van der Waals surface area (Å²) in [5, 5.41) is 0. The van der Waals surface area contributed by atoms with Crippen molar-refractivity contribution in [1.29, 1.82) is 0 Å². The molecule has 5 heteroatoms. The molecule has 2 heterocycles. The van der Waals surface area contributed by atoms with Crippen LogP contribution < -0.4 is 0 Å². The van der Waals surface area contributed by atoms with E-state index < -0.39 is 17.4 Å². The molecule has 0 aromatic heterocycles. The molecule has 4 rings (SSSR count). The zero-order valence-electron chi connectivity index (χ0n) is 14.8. The summed E-state index contributed by atoms with van der Waals surface area (Å²) in [5.74, 6) is -2.65. The quantitative estimate of drug-likeness (QED) is 0.630. The molecule has 26 heavy (non-hydrogen) atoms. The molecule has 0 spiro atoms. The summed E-state index contributed by atoms with van der Waals surface area (Å²) in [6.45, 7) is 2.04. The Morgan fingerprint density at radius 1 is 0.808 bits per heavy atom. The van der Waals surface area contributed by atoms with Crippen molar-refractivity contribution in [3.63, 3.8) is 0 Å². The Hall–Kier alpha value is -2.95. The van der Waals surface area contributed by atoms with Crippen molar-refractivity contribution in [2.75, 3.05) is 13.6 Å². The van der Waals surface area contributed by atoms with E-state index in [2.05, 4.69) is 0 Å². The number of benzene rings is 2. The monoisotopic (exact) mass is 348 g/mol. The second kappa shape index (κ2) is 5.80. The number of hydrogen-bond donors (Lipinski definition) is 0. The molecule has 132 valence electrons. The standard InChI is InChI=1S/C21H20N2O3/c1-3-23-19(25)16-17(20(23)26)21(22(2)18(16)24,14-10-6-4-7-11-14)15-12-8-5-9-13-15/h4-13,16-17H,3H2,1-2H3. The summed E-state index contributed by atoms with van der Waals surface area (Å²) in [4.78, 5) is 41.9. The number of imide groups is 1. The lowest BCUT2D eigenvalue weighted by Crippen LogP contribution is -2.49. The third-order valence-electron chi connectivity index (χ3n) is 5.72. The summed E-state index contributed by atoms with van der Waals surface area (Å²) >= 11 is 0. The number of amides is 3.